The third kappa shape index (κ3) is 2.48. The molecule has 3 rings (SSSR count). The van der Waals surface area contributed by atoms with Gasteiger partial charge in [0.1, 0.15) is 5.69 Å². The van der Waals surface area contributed by atoms with Crippen molar-refractivity contribution in [2.75, 3.05) is 0 Å². The Morgan fingerprint density at radius 1 is 1.00 bits per heavy atom. The highest BCUT2D eigenvalue weighted by Crippen LogP contribution is 2.27. The number of benzene rings is 2. The summed E-state index contributed by atoms with van der Waals surface area (Å²) in [5.41, 5.74) is 3.18. The van der Waals surface area contributed by atoms with Crippen LogP contribution in [0.2, 0.25) is 0 Å². The molecule has 0 fully saturated rings. The maximum absolute atomic E-state index is 11.3. The summed E-state index contributed by atoms with van der Waals surface area (Å²) in [6, 6.07) is 19.8. The lowest BCUT2D eigenvalue weighted by Gasteiger charge is -2.15. The molecule has 104 valence electrons. The zero-order valence-corrected chi connectivity index (χ0v) is 11.7. The van der Waals surface area contributed by atoms with Gasteiger partial charge in [0.25, 0.3) is 0 Å². The molecule has 1 aromatic heterocycles. The van der Waals surface area contributed by atoms with Crippen LogP contribution in [0.15, 0.2) is 60.7 Å². The van der Waals surface area contributed by atoms with Crippen molar-refractivity contribution in [2.24, 2.45) is 0 Å². The number of carbonyl (C=O) groups excluding carboxylic acids is 1. The maximum atomic E-state index is 11.3. The Morgan fingerprint density at radius 2 is 1.62 bits per heavy atom. The second-order valence-corrected chi connectivity index (χ2v) is 4.84. The first-order valence-corrected chi connectivity index (χ1v) is 6.82. The fraction of sp³-hybridized carbons (Fsp3) is 0.118. The van der Waals surface area contributed by atoms with Crippen molar-refractivity contribution in [3.8, 4) is 11.3 Å². The first kappa shape index (κ1) is 13.2. The minimum atomic E-state index is 0.00241. The molecule has 1 atom stereocenters. The van der Waals surface area contributed by atoms with Gasteiger partial charge in [0.05, 0.1) is 6.04 Å². The van der Waals surface area contributed by atoms with Gasteiger partial charge in [0.2, 0.25) is 0 Å². The number of aldehydes is 1. The van der Waals surface area contributed by atoms with Crippen LogP contribution in [0.1, 0.15) is 29.0 Å². The lowest BCUT2D eigenvalue weighted by atomic mass is 10.1. The zero-order valence-electron chi connectivity index (χ0n) is 11.7. The van der Waals surface area contributed by atoms with E-state index in [4.69, 9.17) is 0 Å². The van der Waals surface area contributed by atoms with E-state index in [1.54, 1.807) is 4.68 Å². The van der Waals surface area contributed by atoms with Crippen LogP contribution in [-0.2, 0) is 0 Å². The van der Waals surface area contributed by atoms with E-state index in [2.05, 4.69) is 10.3 Å². The quantitative estimate of drug-likeness (QED) is 0.687. The van der Waals surface area contributed by atoms with Crippen LogP contribution >= 0.6 is 0 Å². The third-order valence-corrected chi connectivity index (χ3v) is 3.53. The molecule has 0 saturated heterocycles. The van der Waals surface area contributed by atoms with E-state index in [1.807, 2.05) is 67.6 Å². The van der Waals surface area contributed by atoms with Crippen molar-refractivity contribution < 1.29 is 4.79 Å². The highest BCUT2D eigenvalue weighted by molar-refractivity contribution is 5.83. The molecule has 0 spiro atoms. The topological polar surface area (TPSA) is 47.8 Å². The second kappa shape index (κ2) is 5.71. The van der Waals surface area contributed by atoms with Gasteiger partial charge in [-0.15, -0.1) is 5.10 Å². The van der Waals surface area contributed by atoms with Crippen LogP contribution in [0.25, 0.3) is 11.3 Å². The molecule has 0 aliphatic rings. The van der Waals surface area contributed by atoms with Crippen LogP contribution in [0, 0.1) is 0 Å². The normalized spacial score (nSPS) is 12.0. The molecule has 0 amide bonds. The zero-order chi connectivity index (χ0) is 14.7. The number of hydrogen-bond donors (Lipinski definition) is 0. The SMILES string of the molecule is CC(c1ccccc1)n1nnc(C=O)c1-c1ccccc1. The average molecular weight is 277 g/mol. The van der Waals surface area contributed by atoms with Gasteiger partial charge in [0, 0.05) is 5.56 Å². The van der Waals surface area contributed by atoms with E-state index < -0.39 is 0 Å². The fourth-order valence-electron chi connectivity index (χ4n) is 2.41. The van der Waals surface area contributed by atoms with Crippen LogP contribution in [0.3, 0.4) is 0 Å². The van der Waals surface area contributed by atoms with Crippen molar-refractivity contribution in [3.05, 3.63) is 71.9 Å². The molecule has 4 heteroatoms. The Balaban J connectivity index is 2.12. The van der Waals surface area contributed by atoms with Gasteiger partial charge >= 0.3 is 0 Å². The van der Waals surface area contributed by atoms with Crippen molar-refractivity contribution in [1.82, 2.24) is 15.0 Å². The van der Waals surface area contributed by atoms with Crippen LogP contribution < -0.4 is 0 Å². The average Bonchev–Trinajstić information content (AvgIpc) is 2.99. The van der Waals surface area contributed by atoms with Gasteiger partial charge in [-0.25, -0.2) is 4.68 Å². The summed E-state index contributed by atoms with van der Waals surface area (Å²) in [6.45, 7) is 2.05. The number of hydrogen-bond acceptors (Lipinski definition) is 3. The number of nitrogens with zero attached hydrogens (tertiary/aromatic N) is 3. The highest BCUT2D eigenvalue weighted by Gasteiger charge is 2.19. The van der Waals surface area contributed by atoms with E-state index >= 15 is 0 Å². The van der Waals surface area contributed by atoms with Gasteiger partial charge in [0.15, 0.2) is 12.0 Å². The Bertz CT molecular complexity index is 735. The summed E-state index contributed by atoms with van der Waals surface area (Å²) in [5, 5.41) is 8.18. The molecule has 1 unspecified atom stereocenters. The van der Waals surface area contributed by atoms with Gasteiger partial charge in [-0.2, -0.15) is 0 Å². The van der Waals surface area contributed by atoms with E-state index in [9.17, 15) is 4.79 Å². The highest BCUT2D eigenvalue weighted by atomic mass is 16.1. The Morgan fingerprint density at radius 3 is 2.24 bits per heavy atom. The minimum Gasteiger partial charge on any atom is -0.296 e. The molecule has 0 saturated carbocycles. The predicted molar refractivity (Wildman–Crippen MR) is 81.1 cm³/mol. The summed E-state index contributed by atoms with van der Waals surface area (Å²) in [7, 11) is 0. The Kier molecular flexibility index (Phi) is 3.60. The molecular weight excluding hydrogens is 262 g/mol. The number of carbonyl (C=O) groups is 1. The first-order valence-electron chi connectivity index (χ1n) is 6.82. The minimum absolute atomic E-state index is 0.00241. The maximum Gasteiger partial charge on any atom is 0.172 e. The van der Waals surface area contributed by atoms with Gasteiger partial charge < -0.3 is 0 Å². The lowest BCUT2D eigenvalue weighted by molar-refractivity contribution is 0.111. The van der Waals surface area contributed by atoms with E-state index in [0.29, 0.717) is 5.69 Å². The Labute approximate surface area is 123 Å². The molecule has 0 N–H and O–H groups in total. The van der Waals surface area contributed by atoms with Gasteiger partial charge in [-0.1, -0.05) is 65.9 Å². The van der Waals surface area contributed by atoms with Crippen LogP contribution in [0.5, 0.6) is 0 Å². The van der Waals surface area contributed by atoms with Crippen LogP contribution in [0.4, 0.5) is 0 Å². The van der Waals surface area contributed by atoms with Crippen LogP contribution in [-0.4, -0.2) is 21.3 Å². The van der Waals surface area contributed by atoms with Crippen molar-refractivity contribution >= 4 is 6.29 Å². The molecular formula is C17H15N3O. The summed E-state index contributed by atoms with van der Waals surface area (Å²) < 4.78 is 1.80. The molecule has 21 heavy (non-hydrogen) atoms. The van der Waals surface area contributed by atoms with Crippen molar-refractivity contribution in [1.29, 1.82) is 0 Å². The molecule has 3 aromatic rings. The summed E-state index contributed by atoms with van der Waals surface area (Å²) >= 11 is 0. The smallest absolute Gasteiger partial charge is 0.172 e. The predicted octanol–water partition coefficient (Wildman–Crippen LogP) is 3.37. The Hall–Kier alpha value is -2.75. The summed E-state index contributed by atoms with van der Waals surface area (Å²) in [5.74, 6) is 0. The molecule has 0 aliphatic heterocycles. The lowest BCUT2D eigenvalue weighted by Crippen LogP contribution is -2.10. The molecule has 1 heterocycles. The van der Waals surface area contributed by atoms with Gasteiger partial charge in [-0.3, -0.25) is 4.79 Å². The molecule has 0 radical (unpaired) electrons. The summed E-state index contributed by atoms with van der Waals surface area (Å²) in [6.07, 6.45) is 0.754. The van der Waals surface area contributed by atoms with Crippen molar-refractivity contribution in [3.63, 3.8) is 0 Å². The molecule has 2 aromatic carbocycles. The van der Waals surface area contributed by atoms with Gasteiger partial charge in [-0.05, 0) is 12.5 Å². The molecule has 4 nitrogen and oxygen atoms in total. The second-order valence-electron chi connectivity index (χ2n) is 4.84. The van der Waals surface area contributed by atoms with Crippen molar-refractivity contribution in [2.45, 2.75) is 13.0 Å². The first-order chi connectivity index (χ1) is 10.3. The summed E-state index contributed by atoms with van der Waals surface area (Å²) in [4.78, 5) is 11.3. The van der Waals surface area contributed by atoms with E-state index in [0.717, 1.165) is 23.1 Å². The number of rotatable bonds is 4. The standard InChI is InChI=1S/C17H15N3O/c1-13(14-8-4-2-5-9-14)20-17(16(12-21)18-19-20)15-10-6-3-7-11-15/h2-13H,1H3. The number of aromatic nitrogens is 3. The fourth-order valence-corrected chi connectivity index (χ4v) is 2.41. The third-order valence-electron chi connectivity index (χ3n) is 3.53. The van der Waals surface area contributed by atoms with E-state index in [1.165, 1.54) is 0 Å². The molecule has 0 bridgehead atoms. The van der Waals surface area contributed by atoms with E-state index in [-0.39, 0.29) is 6.04 Å². The largest absolute Gasteiger partial charge is 0.296 e. The molecule has 0 aliphatic carbocycles. The monoisotopic (exact) mass is 277 g/mol.